The summed E-state index contributed by atoms with van der Waals surface area (Å²) < 4.78 is 28.3. The van der Waals surface area contributed by atoms with E-state index in [1.54, 1.807) is 18.2 Å². The molecular weight excluding hydrogens is 452 g/mol. The second-order valence-electron chi connectivity index (χ2n) is 3.79. The Hall–Kier alpha value is -0.120. The van der Waals surface area contributed by atoms with Crippen molar-refractivity contribution in [2.24, 2.45) is 5.73 Å². The van der Waals surface area contributed by atoms with E-state index < -0.39 is 10.0 Å². The third kappa shape index (κ3) is 3.55. The van der Waals surface area contributed by atoms with Gasteiger partial charge in [-0.3, -0.25) is 4.72 Å². The van der Waals surface area contributed by atoms with E-state index in [0.29, 0.717) is 25.5 Å². The Labute approximate surface area is 142 Å². The number of benzene rings is 1. The Morgan fingerprint density at radius 2 is 2.00 bits per heavy atom. The van der Waals surface area contributed by atoms with Crippen molar-refractivity contribution in [3.05, 3.63) is 42.4 Å². The zero-order valence-corrected chi connectivity index (χ0v) is 15.4. The maximum atomic E-state index is 12.3. The van der Waals surface area contributed by atoms with Gasteiger partial charge in [-0.05, 0) is 56.1 Å². The number of thiophene rings is 1. The van der Waals surface area contributed by atoms with Crippen LogP contribution in [0.25, 0.3) is 0 Å². The van der Waals surface area contributed by atoms with Crippen LogP contribution in [0.15, 0.2) is 37.4 Å². The molecule has 0 fully saturated rings. The summed E-state index contributed by atoms with van der Waals surface area (Å²) in [6.45, 7) is 0.295. The van der Waals surface area contributed by atoms with Crippen molar-refractivity contribution in [1.82, 2.24) is 0 Å². The molecule has 2 rings (SSSR count). The molecule has 0 saturated heterocycles. The molecule has 0 amide bonds. The molecule has 0 aliphatic carbocycles. The predicted octanol–water partition coefficient (Wildman–Crippen LogP) is 4.19. The van der Waals surface area contributed by atoms with Crippen molar-refractivity contribution in [2.45, 2.75) is 11.4 Å². The largest absolute Gasteiger partial charge is 0.326 e. The lowest BCUT2D eigenvalue weighted by Gasteiger charge is -2.08. The van der Waals surface area contributed by atoms with Gasteiger partial charge in [0.05, 0.1) is 14.5 Å². The average Bonchev–Trinajstić information content (AvgIpc) is 2.76. The molecule has 108 valence electrons. The number of rotatable bonds is 4. The van der Waals surface area contributed by atoms with Gasteiger partial charge in [0.1, 0.15) is 4.90 Å². The van der Waals surface area contributed by atoms with Gasteiger partial charge in [-0.15, -0.1) is 11.3 Å². The molecule has 0 aliphatic rings. The smallest absolute Gasteiger partial charge is 0.263 e. The van der Waals surface area contributed by atoms with Crippen LogP contribution < -0.4 is 10.5 Å². The number of sulfonamides is 1. The van der Waals surface area contributed by atoms with Gasteiger partial charge in [-0.1, -0.05) is 11.6 Å². The Kier molecular flexibility index (Phi) is 5.14. The van der Waals surface area contributed by atoms with Crippen molar-refractivity contribution < 1.29 is 8.42 Å². The molecule has 0 radical (unpaired) electrons. The minimum atomic E-state index is -3.68. The van der Waals surface area contributed by atoms with Gasteiger partial charge in [-0.25, -0.2) is 8.42 Å². The molecule has 0 atom stereocenters. The Bertz CT molecular complexity index is 747. The van der Waals surface area contributed by atoms with Crippen LogP contribution in [0.5, 0.6) is 0 Å². The molecule has 0 aliphatic heterocycles. The molecule has 9 heteroatoms. The van der Waals surface area contributed by atoms with E-state index in [1.807, 2.05) is 0 Å². The van der Waals surface area contributed by atoms with Crippen molar-refractivity contribution in [3.8, 4) is 0 Å². The first kappa shape index (κ1) is 16.3. The fraction of sp³-hybridized carbons (Fsp3) is 0.0909. The van der Waals surface area contributed by atoms with Crippen molar-refractivity contribution in [1.29, 1.82) is 0 Å². The predicted molar refractivity (Wildman–Crippen MR) is 89.9 cm³/mol. The maximum Gasteiger partial charge on any atom is 0.263 e. The summed E-state index contributed by atoms with van der Waals surface area (Å²) in [6, 6.07) is 6.39. The summed E-state index contributed by atoms with van der Waals surface area (Å²) in [4.78, 5) is 0.952. The van der Waals surface area contributed by atoms with Gasteiger partial charge >= 0.3 is 0 Å². The summed E-state index contributed by atoms with van der Waals surface area (Å²) in [5.74, 6) is 0. The van der Waals surface area contributed by atoms with Gasteiger partial charge in [0.2, 0.25) is 0 Å². The van der Waals surface area contributed by atoms with Crippen LogP contribution in [0, 0.1) is 0 Å². The first-order valence-electron chi connectivity index (χ1n) is 5.29. The quantitative estimate of drug-likeness (QED) is 0.719. The van der Waals surface area contributed by atoms with Crippen LogP contribution in [0.2, 0.25) is 5.02 Å². The standard InChI is InChI=1S/C11H9Br2ClN2O2S2/c12-8-2-1-6(3-9(8)14)16-20(17,18)10-4-7(5-15)19-11(10)13/h1-4,16H,5,15H2. The van der Waals surface area contributed by atoms with Gasteiger partial charge in [0.15, 0.2) is 0 Å². The molecule has 20 heavy (non-hydrogen) atoms. The van der Waals surface area contributed by atoms with E-state index in [1.165, 1.54) is 17.4 Å². The highest BCUT2D eigenvalue weighted by atomic mass is 79.9. The van der Waals surface area contributed by atoms with Gasteiger partial charge in [0.25, 0.3) is 10.0 Å². The third-order valence-corrected chi connectivity index (χ3v) is 7.26. The van der Waals surface area contributed by atoms with Crippen molar-refractivity contribution >= 4 is 70.5 Å². The molecule has 1 aromatic heterocycles. The zero-order chi connectivity index (χ0) is 14.9. The molecule has 4 nitrogen and oxygen atoms in total. The normalized spacial score (nSPS) is 11.6. The fourth-order valence-corrected chi connectivity index (χ4v) is 5.49. The van der Waals surface area contributed by atoms with E-state index in [9.17, 15) is 8.42 Å². The zero-order valence-electron chi connectivity index (χ0n) is 9.86. The Morgan fingerprint density at radius 3 is 2.55 bits per heavy atom. The number of halogens is 3. The highest BCUT2D eigenvalue weighted by Gasteiger charge is 2.21. The highest BCUT2D eigenvalue weighted by molar-refractivity contribution is 9.11. The minimum absolute atomic E-state index is 0.169. The van der Waals surface area contributed by atoms with Crippen LogP contribution >= 0.6 is 54.8 Å². The Morgan fingerprint density at radius 1 is 1.30 bits per heavy atom. The fourth-order valence-electron chi connectivity index (χ4n) is 1.45. The number of hydrogen-bond donors (Lipinski definition) is 2. The SMILES string of the molecule is NCc1cc(S(=O)(=O)Nc2ccc(Br)c(Cl)c2)c(Br)s1. The summed E-state index contributed by atoms with van der Waals surface area (Å²) >= 11 is 13.7. The lowest BCUT2D eigenvalue weighted by atomic mass is 10.3. The highest BCUT2D eigenvalue weighted by Crippen LogP contribution is 2.33. The molecule has 0 spiro atoms. The first-order chi connectivity index (χ1) is 9.33. The van der Waals surface area contributed by atoms with Crippen LogP contribution in [0.4, 0.5) is 5.69 Å². The molecule has 0 saturated carbocycles. The maximum absolute atomic E-state index is 12.3. The lowest BCUT2D eigenvalue weighted by molar-refractivity contribution is 0.601. The molecule has 1 heterocycles. The first-order valence-corrected chi connectivity index (χ1v) is 9.56. The topological polar surface area (TPSA) is 72.2 Å². The van der Waals surface area contributed by atoms with E-state index in [0.717, 1.165) is 4.88 Å². The van der Waals surface area contributed by atoms with Gasteiger partial charge < -0.3 is 5.73 Å². The van der Waals surface area contributed by atoms with E-state index in [2.05, 4.69) is 36.6 Å². The van der Waals surface area contributed by atoms with Crippen LogP contribution in [0.1, 0.15) is 4.88 Å². The molecular formula is C11H9Br2ClN2O2S2. The molecule has 0 bridgehead atoms. The second-order valence-corrected chi connectivity index (χ2v) is 9.16. The second kappa shape index (κ2) is 6.33. The summed E-state index contributed by atoms with van der Waals surface area (Å²) in [7, 11) is -3.68. The number of nitrogens with two attached hydrogens (primary N) is 1. The molecule has 2 aromatic rings. The average molecular weight is 461 g/mol. The molecule has 1 aromatic carbocycles. The van der Waals surface area contributed by atoms with Gasteiger partial charge in [0, 0.05) is 15.9 Å². The van der Waals surface area contributed by atoms with Crippen LogP contribution in [0.3, 0.4) is 0 Å². The monoisotopic (exact) mass is 458 g/mol. The van der Waals surface area contributed by atoms with E-state index in [-0.39, 0.29) is 4.90 Å². The minimum Gasteiger partial charge on any atom is -0.326 e. The van der Waals surface area contributed by atoms with Crippen LogP contribution in [-0.2, 0) is 16.6 Å². The summed E-state index contributed by atoms with van der Waals surface area (Å²) in [5.41, 5.74) is 5.91. The van der Waals surface area contributed by atoms with Crippen LogP contribution in [-0.4, -0.2) is 8.42 Å². The summed E-state index contributed by atoms with van der Waals surface area (Å²) in [6.07, 6.45) is 0. The number of hydrogen-bond acceptors (Lipinski definition) is 4. The number of nitrogens with one attached hydrogen (secondary N) is 1. The summed E-state index contributed by atoms with van der Waals surface area (Å²) in [5, 5.41) is 0.428. The molecule has 0 unspecified atom stereocenters. The number of anilines is 1. The van der Waals surface area contributed by atoms with E-state index in [4.69, 9.17) is 17.3 Å². The lowest BCUT2D eigenvalue weighted by Crippen LogP contribution is -2.12. The Balaban J connectivity index is 2.35. The third-order valence-electron chi connectivity index (χ3n) is 2.37. The molecule has 3 N–H and O–H groups in total. The van der Waals surface area contributed by atoms with Crippen molar-refractivity contribution in [3.63, 3.8) is 0 Å². The van der Waals surface area contributed by atoms with Crippen molar-refractivity contribution in [2.75, 3.05) is 4.72 Å². The van der Waals surface area contributed by atoms with E-state index >= 15 is 0 Å². The van der Waals surface area contributed by atoms with Gasteiger partial charge in [-0.2, -0.15) is 0 Å².